The Morgan fingerprint density at radius 3 is 2.48 bits per heavy atom. The van der Waals surface area contributed by atoms with Crippen LogP contribution in [-0.4, -0.2) is 73.4 Å². The van der Waals surface area contributed by atoms with E-state index >= 15 is 0 Å². The van der Waals surface area contributed by atoms with Crippen LogP contribution in [-0.2, 0) is 4.74 Å². The van der Waals surface area contributed by atoms with E-state index in [1.54, 1.807) is 11.0 Å². The van der Waals surface area contributed by atoms with Gasteiger partial charge in [-0.25, -0.2) is 4.79 Å². The average Bonchev–Trinajstić information content (AvgIpc) is 2.92. The summed E-state index contributed by atoms with van der Waals surface area (Å²) >= 11 is 0. The third kappa shape index (κ3) is 3.21. The highest BCUT2D eigenvalue weighted by Crippen LogP contribution is 2.27. The standard InChI is InChI=1S/C15H21N3O3/c19-14-4-2-1-3-13(14)17-8-5-16(6-9-17)7-10-18-11-12-21-15(18)20/h1-4,19H,5-12H2. The van der Waals surface area contributed by atoms with E-state index in [2.05, 4.69) is 9.80 Å². The van der Waals surface area contributed by atoms with Gasteiger partial charge in [-0.1, -0.05) is 12.1 Å². The SMILES string of the molecule is O=C1OCCN1CCN1CCN(c2ccccc2O)CC1. The van der Waals surface area contributed by atoms with Gasteiger partial charge in [0.1, 0.15) is 12.4 Å². The summed E-state index contributed by atoms with van der Waals surface area (Å²) in [6, 6.07) is 7.45. The molecule has 1 amide bonds. The van der Waals surface area contributed by atoms with E-state index in [0.717, 1.165) is 45.0 Å². The molecule has 6 heteroatoms. The molecule has 0 saturated carbocycles. The lowest BCUT2D eigenvalue weighted by molar-refractivity contribution is 0.152. The summed E-state index contributed by atoms with van der Waals surface area (Å²) in [6.45, 7) is 6.49. The van der Waals surface area contributed by atoms with Crippen molar-refractivity contribution in [1.29, 1.82) is 0 Å². The lowest BCUT2D eigenvalue weighted by Crippen LogP contribution is -2.48. The number of carbonyl (C=O) groups excluding carboxylic acids is 1. The van der Waals surface area contributed by atoms with E-state index in [0.29, 0.717) is 18.9 Å². The minimum absolute atomic E-state index is 0.192. The van der Waals surface area contributed by atoms with Gasteiger partial charge in [0.15, 0.2) is 0 Å². The van der Waals surface area contributed by atoms with Crippen molar-refractivity contribution in [2.24, 2.45) is 0 Å². The molecular weight excluding hydrogens is 270 g/mol. The molecule has 6 nitrogen and oxygen atoms in total. The first-order valence-corrected chi connectivity index (χ1v) is 7.41. The van der Waals surface area contributed by atoms with Crippen LogP contribution in [0.1, 0.15) is 0 Å². The monoisotopic (exact) mass is 291 g/mol. The quantitative estimate of drug-likeness (QED) is 0.896. The van der Waals surface area contributed by atoms with E-state index in [4.69, 9.17) is 4.74 Å². The van der Waals surface area contributed by atoms with Gasteiger partial charge in [-0.15, -0.1) is 0 Å². The third-order valence-electron chi connectivity index (χ3n) is 4.13. The predicted molar refractivity (Wildman–Crippen MR) is 79.7 cm³/mol. The number of amides is 1. The molecule has 114 valence electrons. The number of piperazine rings is 1. The summed E-state index contributed by atoms with van der Waals surface area (Å²) in [7, 11) is 0. The molecule has 0 bridgehead atoms. The molecule has 0 unspecified atom stereocenters. The van der Waals surface area contributed by atoms with Crippen LogP contribution in [0.25, 0.3) is 0 Å². The van der Waals surface area contributed by atoms with E-state index in [9.17, 15) is 9.90 Å². The maximum absolute atomic E-state index is 11.4. The highest BCUT2D eigenvalue weighted by atomic mass is 16.6. The zero-order valence-corrected chi connectivity index (χ0v) is 12.1. The number of phenolic OH excluding ortho intramolecular Hbond substituents is 1. The van der Waals surface area contributed by atoms with Crippen LogP contribution in [0, 0.1) is 0 Å². The summed E-state index contributed by atoms with van der Waals surface area (Å²) in [6.07, 6.45) is -0.192. The third-order valence-corrected chi connectivity index (χ3v) is 4.13. The number of aromatic hydroxyl groups is 1. The number of benzene rings is 1. The zero-order chi connectivity index (χ0) is 14.7. The fourth-order valence-electron chi connectivity index (χ4n) is 2.83. The largest absolute Gasteiger partial charge is 0.506 e. The van der Waals surface area contributed by atoms with Crippen LogP contribution in [0.3, 0.4) is 0 Å². The molecule has 21 heavy (non-hydrogen) atoms. The number of rotatable bonds is 4. The molecule has 1 N–H and O–H groups in total. The molecule has 2 saturated heterocycles. The van der Waals surface area contributed by atoms with Gasteiger partial charge in [0.25, 0.3) is 0 Å². The van der Waals surface area contributed by atoms with Crippen molar-refractivity contribution in [3.05, 3.63) is 24.3 Å². The second-order valence-corrected chi connectivity index (χ2v) is 5.42. The molecule has 0 spiro atoms. The Kier molecular flexibility index (Phi) is 4.15. The molecule has 2 heterocycles. The lowest BCUT2D eigenvalue weighted by Gasteiger charge is -2.36. The molecule has 1 aromatic rings. The van der Waals surface area contributed by atoms with Gasteiger partial charge in [0, 0.05) is 39.3 Å². The summed E-state index contributed by atoms with van der Waals surface area (Å²) in [5.41, 5.74) is 0.903. The highest BCUT2D eigenvalue weighted by molar-refractivity contribution is 5.69. The Balaban J connectivity index is 1.47. The summed E-state index contributed by atoms with van der Waals surface area (Å²) in [5.74, 6) is 0.339. The van der Waals surface area contributed by atoms with Crippen molar-refractivity contribution >= 4 is 11.8 Å². The number of anilines is 1. The smallest absolute Gasteiger partial charge is 0.409 e. The second-order valence-electron chi connectivity index (χ2n) is 5.42. The van der Waals surface area contributed by atoms with Gasteiger partial charge < -0.3 is 19.6 Å². The van der Waals surface area contributed by atoms with E-state index < -0.39 is 0 Å². The number of nitrogens with zero attached hydrogens (tertiary/aromatic N) is 3. The van der Waals surface area contributed by atoms with E-state index in [-0.39, 0.29) is 6.09 Å². The van der Waals surface area contributed by atoms with Crippen molar-refractivity contribution < 1.29 is 14.6 Å². The zero-order valence-electron chi connectivity index (χ0n) is 12.1. The Labute approximate surface area is 124 Å². The Morgan fingerprint density at radius 1 is 1.05 bits per heavy atom. The molecule has 0 radical (unpaired) electrons. The Morgan fingerprint density at radius 2 is 1.81 bits per heavy atom. The van der Waals surface area contributed by atoms with Crippen LogP contribution in [0.4, 0.5) is 10.5 Å². The van der Waals surface area contributed by atoms with Gasteiger partial charge in [0.2, 0.25) is 0 Å². The number of hydrogen-bond donors (Lipinski definition) is 1. The molecular formula is C15H21N3O3. The van der Waals surface area contributed by atoms with Crippen molar-refractivity contribution in [2.75, 3.05) is 57.3 Å². The molecule has 2 aliphatic rings. The van der Waals surface area contributed by atoms with Crippen LogP contribution in [0.5, 0.6) is 5.75 Å². The van der Waals surface area contributed by atoms with Crippen molar-refractivity contribution in [3.8, 4) is 5.75 Å². The Bertz CT molecular complexity index is 501. The van der Waals surface area contributed by atoms with Gasteiger partial charge in [-0.2, -0.15) is 0 Å². The Hall–Kier alpha value is -1.95. The number of ether oxygens (including phenoxy) is 1. The molecule has 0 atom stereocenters. The molecule has 0 aliphatic carbocycles. The number of para-hydroxylation sites is 2. The lowest BCUT2D eigenvalue weighted by atomic mass is 10.2. The topological polar surface area (TPSA) is 56.2 Å². The summed E-state index contributed by atoms with van der Waals surface area (Å²) in [5, 5.41) is 9.89. The number of cyclic esters (lactones) is 1. The van der Waals surface area contributed by atoms with E-state index in [1.807, 2.05) is 18.2 Å². The minimum atomic E-state index is -0.192. The molecule has 1 aromatic carbocycles. The van der Waals surface area contributed by atoms with Gasteiger partial charge in [0.05, 0.1) is 12.2 Å². The van der Waals surface area contributed by atoms with Crippen molar-refractivity contribution in [3.63, 3.8) is 0 Å². The van der Waals surface area contributed by atoms with Gasteiger partial charge in [-0.05, 0) is 12.1 Å². The first-order chi connectivity index (χ1) is 10.2. The minimum Gasteiger partial charge on any atom is -0.506 e. The summed E-state index contributed by atoms with van der Waals surface area (Å²) < 4.78 is 4.93. The van der Waals surface area contributed by atoms with Crippen molar-refractivity contribution in [2.45, 2.75) is 0 Å². The fraction of sp³-hybridized carbons (Fsp3) is 0.533. The van der Waals surface area contributed by atoms with Crippen LogP contribution in [0.15, 0.2) is 24.3 Å². The molecule has 2 fully saturated rings. The molecule has 3 rings (SSSR count). The number of carbonyl (C=O) groups is 1. The first kappa shape index (κ1) is 14.0. The van der Waals surface area contributed by atoms with Gasteiger partial charge >= 0.3 is 6.09 Å². The molecule has 0 aromatic heterocycles. The van der Waals surface area contributed by atoms with Crippen LogP contribution in [0.2, 0.25) is 0 Å². The highest BCUT2D eigenvalue weighted by Gasteiger charge is 2.24. The summed E-state index contributed by atoms with van der Waals surface area (Å²) in [4.78, 5) is 17.7. The second kappa shape index (κ2) is 6.22. The van der Waals surface area contributed by atoms with Gasteiger partial charge in [-0.3, -0.25) is 4.90 Å². The molecule has 2 aliphatic heterocycles. The fourth-order valence-corrected chi connectivity index (χ4v) is 2.83. The number of phenols is 1. The van der Waals surface area contributed by atoms with Crippen LogP contribution >= 0.6 is 0 Å². The average molecular weight is 291 g/mol. The number of hydrogen-bond acceptors (Lipinski definition) is 5. The maximum Gasteiger partial charge on any atom is 0.409 e. The van der Waals surface area contributed by atoms with Crippen molar-refractivity contribution in [1.82, 2.24) is 9.80 Å². The maximum atomic E-state index is 11.4. The predicted octanol–water partition coefficient (Wildman–Crippen LogP) is 0.966. The van der Waals surface area contributed by atoms with Crippen LogP contribution < -0.4 is 4.90 Å². The normalized spacial score (nSPS) is 19.9. The first-order valence-electron chi connectivity index (χ1n) is 7.41. The van der Waals surface area contributed by atoms with E-state index in [1.165, 1.54) is 0 Å².